The maximum absolute atomic E-state index is 13.0. The second-order valence-electron chi connectivity index (χ2n) is 7.78. The Hall–Kier alpha value is -3.16. The predicted molar refractivity (Wildman–Crippen MR) is 105 cm³/mol. The molecule has 1 aromatic carbocycles. The van der Waals surface area contributed by atoms with Crippen molar-refractivity contribution in [2.75, 3.05) is 6.54 Å². The van der Waals surface area contributed by atoms with Gasteiger partial charge in [0, 0.05) is 20.0 Å². The number of aryl methyl sites for hydroxylation is 1. The van der Waals surface area contributed by atoms with E-state index in [0.717, 1.165) is 34.0 Å². The van der Waals surface area contributed by atoms with E-state index < -0.39 is 5.60 Å². The summed E-state index contributed by atoms with van der Waals surface area (Å²) in [6.45, 7) is 5.46. The molecule has 8 heteroatoms. The van der Waals surface area contributed by atoms with Gasteiger partial charge in [0.1, 0.15) is 5.69 Å². The van der Waals surface area contributed by atoms with Crippen LogP contribution in [0.3, 0.4) is 0 Å². The highest BCUT2D eigenvalue weighted by atomic mass is 16.7. The van der Waals surface area contributed by atoms with Crippen molar-refractivity contribution < 1.29 is 9.63 Å². The zero-order chi connectivity index (χ0) is 19.5. The Balaban J connectivity index is 1.43. The summed E-state index contributed by atoms with van der Waals surface area (Å²) in [6, 6.07) is 10.1. The van der Waals surface area contributed by atoms with Crippen LogP contribution in [0.4, 0.5) is 0 Å². The number of amides is 1. The minimum atomic E-state index is -0.896. The molecule has 0 fully saturated rings. The molecule has 2 aliphatic rings. The molecule has 0 aliphatic carbocycles. The standard InChI is InChI=1S/C20H22N6O2/c1-13-11-20(2,28-23-13)19(27)25-8-9-26-14(12-25)10-16(22-26)18-21-15-6-4-5-7-17(15)24(18)3/h4-7,10H,8-9,11-12H2,1-3H3/t20-/m0/s1. The summed E-state index contributed by atoms with van der Waals surface area (Å²) in [7, 11) is 2.00. The van der Waals surface area contributed by atoms with E-state index in [1.165, 1.54) is 0 Å². The summed E-state index contributed by atoms with van der Waals surface area (Å²) in [5.41, 5.74) is 3.80. The third-order valence-corrected chi connectivity index (χ3v) is 5.55. The van der Waals surface area contributed by atoms with Crippen LogP contribution in [0.25, 0.3) is 22.6 Å². The van der Waals surface area contributed by atoms with Gasteiger partial charge in [0.2, 0.25) is 5.60 Å². The van der Waals surface area contributed by atoms with Crippen LogP contribution in [0.15, 0.2) is 35.5 Å². The van der Waals surface area contributed by atoms with Gasteiger partial charge in [-0.2, -0.15) is 5.10 Å². The molecular formula is C20H22N6O2. The average molecular weight is 378 g/mol. The van der Waals surface area contributed by atoms with Gasteiger partial charge in [-0.3, -0.25) is 9.48 Å². The number of carbonyl (C=O) groups is 1. The largest absolute Gasteiger partial charge is 0.379 e. The minimum absolute atomic E-state index is 0.0233. The maximum Gasteiger partial charge on any atom is 0.270 e. The normalized spacial score (nSPS) is 21.5. The number of aromatic nitrogens is 4. The third kappa shape index (κ3) is 2.51. The summed E-state index contributed by atoms with van der Waals surface area (Å²) in [6.07, 6.45) is 0.534. The SMILES string of the molecule is CC1=NO[C@](C)(C(=O)N2CCn3nc(-c4nc5ccccc5n4C)cc3C2)C1. The molecular weight excluding hydrogens is 356 g/mol. The summed E-state index contributed by atoms with van der Waals surface area (Å²) >= 11 is 0. The van der Waals surface area contributed by atoms with Crippen molar-refractivity contribution in [3.8, 4) is 11.5 Å². The summed E-state index contributed by atoms with van der Waals surface area (Å²) < 4.78 is 4.03. The quantitative estimate of drug-likeness (QED) is 0.686. The van der Waals surface area contributed by atoms with E-state index in [1.54, 1.807) is 0 Å². The van der Waals surface area contributed by atoms with Crippen molar-refractivity contribution in [3.05, 3.63) is 36.0 Å². The van der Waals surface area contributed by atoms with Crippen LogP contribution >= 0.6 is 0 Å². The number of fused-ring (bicyclic) bond motifs is 2. The van der Waals surface area contributed by atoms with Crippen LogP contribution in [0.5, 0.6) is 0 Å². The number of hydrogen-bond donors (Lipinski definition) is 0. The second kappa shape index (κ2) is 5.92. The molecule has 0 saturated heterocycles. The lowest BCUT2D eigenvalue weighted by atomic mass is 9.98. The van der Waals surface area contributed by atoms with Crippen molar-refractivity contribution >= 4 is 22.7 Å². The molecule has 1 atom stereocenters. The Morgan fingerprint density at radius 1 is 1.25 bits per heavy atom. The van der Waals surface area contributed by atoms with Gasteiger partial charge < -0.3 is 14.3 Å². The predicted octanol–water partition coefficient (Wildman–Crippen LogP) is 2.33. The number of oxime groups is 1. The van der Waals surface area contributed by atoms with Gasteiger partial charge in [-0.05, 0) is 32.0 Å². The number of hydrogen-bond acceptors (Lipinski definition) is 5. The van der Waals surface area contributed by atoms with Crippen molar-refractivity contribution in [2.24, 2.45) is 12.2 Å². The molecule has 0 saturated carbocycles. The van der Waals surface area contributed by atoms with Gasteiger partial charge in [-0.25, -0.2) is 4.98 Å². The van der Waals surface area contributed by atoms with Gasteiger partial charge in [0.05, 0.1) is 35.5 Å². The van der Waals surface area contributed by atoms with Gasteiger partial charge >= 0.3 is 0 Å². The number of benzene rings is 1. The molecule has 144 valence electrons. The van der Waals surface area contributed by atoms with Crippen LogP contribution in [0.2, 0.25) is 0 Å². The van der Waals surface area contributed by atoms with Crippen LogP contribution in [0.1, 0.15) is 26.0 Å². The number of nitrogens with zero attached hydrogens (tertiary/aromatic N) is 6. The molecule has 4 heterocycles. The first-order valence-electron chi connectivity index (χ1n) is 9.44. The molecule has 0 unspecified atom stereocenters. The zero-order valence-electron chi connectivity index (χ0n) is 16.2. The van der Waals surface area contributed by atoms with Crippen molar-refractivity contribution in [2.45, 2.75) is 39.0 Å². The van der Waals surface area contributed by atoms with E-state index in [2.05, 4.69) is 15.8 Å². The molecule has 2 aliphatic heterocycles. The Labute approximate surface area is 162 Å². The summed E-state index contributed by atoms with van der Waals surface area (Å²) in [5, 5.41) is 8.70. The fraction of sp³-hybridized carbons (Fsp3) is 0.400. The lowest BCUT2D eigenvalue weighted by Gasteiger charge is -2.32. The molecule has 0 N–H and O–H groups in total. The third-order valence-electron chi connectivity index (χ3n) is 5.55. The first-order valence-corrected chi connectivity index (χ1v) is 9.44. The van der Waals surface area contributed by atoms with E-state index in [-0.39, 0.29) is 5.91 Å². The van der Waals surface area contributed by atoms with E-state index in [0.29, 0.717) is 26.1 Å². The van der Waals surface area contributed by atoms with Gasteiger partial charge in [-0.1, -0.05) is 17.3 Å². The number of para-hydroxylation sites is 2. The molecule has 0 bridgehead atoms. The Morgan fingerprint density at radius 3 is 2.82 bits per heavy atom. The van der Waals surface area contributed by atoms with Crippen molar-refractivity contribution in [1.29, 1.82) is 0 Å². The molecule has 1 amide bonds. The minimum Gasteiger partial charge on any atom is -0.379 e. The highest BCUT2D eigenvalue weighted by molar-refractivity contribution is 5.94. The Morgan fingerprint density at radius 2 is 2.07 bits per heavy atom. The van der Waals surface area contributed by atoms with Gasteiger partial charge in [0.15, 0.2) is 5.82 Å². The van der Waals surface area contributed by atoms with Crippen LogP contribution in [-0.2, 0) is 29.8 Å². The molecule has 28 heavy (non-hydrogen) atoms. The summed E-state index contributed by atoms with van der Waals surface area (Å²) in [5.74, 6) is 0.806. The lowest BCUT2D eigenvalue weighted by Crippen LogP contribution is -2.49. The number of imidazole rings is 1. The second-order valence-corrected chi connectivity index (χ2v) is 7.78. The first kappa shape index (κ1) is 17.0. The van der Waals surface area contributed by atoms with Crippen LogP contribution in [0, 0.1) is 0 Å². The van der Waals surface area contributed by atoms with Gasteiger partial charge in [0.25, 0.3) is 5.91 Å². The zero-order valence-corrected chi connectivity index (χ0v) is 16.2. The first-order chi connectivity index (χ1) is 13.4. The number of rotatable bonds is 2. The average Bonchev–Trinajstić information content (AvgIpc) is 3.36. The fourth-order valence-corrected chi connectivity index (χ4v) is 4.10. The number of carbonyl (C=O) groups excluding carboxylic acids is 1. The molecule has 5 rings (SSSR count). The molecule has 3 aromatic rings. The monoisotopic (exact) mass is 378 g/mol. The Bertz CT molecular complexity index is 1130. The molecule has 8 nitrogen and oxygen atoms in total. The van der Waals surface area contributed by atoms with E-state index in [9.17, 15) is 4.79 Å². The lowest BCUT2D eigenvalue weighted by molar-refractivity contribution is -0.154. The summed E-state index contributed by atoms with van der Waals surface area (Å²) in [4.78, 5) is 25.0. The van der Waals surface area contributed by atoms with Crippen LogP contribution < -0.4 is 0 Å². The van der Waals surface area contributed by atoms with Crippen molar-refractivity contribution in [1.82, 2.24) is 24.2 Å². The van der Waals surface area contributed by atoms with E-state index in [4.69, 9.17) is 14.9 Å². The van der Waals surface area contributed by atoms with Gasteiger partial charge in [-0.15, -0.1) is 0 Å². The highest BCUT2D eigenvalue weighted by Gasteiger charge is 2.44. The molecule has 2 aromatic heterocycles. The van der Waals surface area contributed by atoms with E-state index >= 15 is 0 Å². The molecule has 0 spiro atoms. The Kier molecular flexibility index (Phi) is 3.59. The smallest absolute Gasteiger partial charge is 0.270 e. The van der Waals surface area contributed by atoms with Crippen LogP contribution in [-0.4, -0.2) is 48.0 Å². The maximum atomic E-state index is 13.0. The van der Waals surface area contributed by atoms with Crippen molar-refractivity contribution in [3.63, 3.8) is 0 Å². The molecule has 0 radical (unpaired) electrons. The fourth-order valence-electron chi connectivity index (χ4n) is 4.10. The van der Waals surface area contributed by atoms with E-state index in [1.807, 2.05) is 54.7 Å². The topological polar surface area (TPSA) is 77.5 Å². The highest BCUT2D eigenvalue weighted by Crippen LogP contribution is 2.29.